The maximum Gasteiger partial charge on any atom is 0.123 e. The Morgan fingerprint density at radius 1 is 1.26 bits per heavy atom. The van der Waals surface area contributed by atoms with Gasteiger partial charge >= 0.3 is 0 Å². The number of aliphatic hydroxyl groups excluding tert-OH is 2. The molecule has 1 aromatic carbocycles. The van der Waals surface area contributed by atoms with Crippen molar-refractivity contribution in [1.29, 1.82) is 0 Å². The van der Waals surface area contributed by atoms with Gasteiger partial charge in [-0.05, 0) is 36.2 Å². The van der Waals surface area contributed by atoms with Crippen LogP contribution in [0.2, 0.25) is 0 Å². The lowest BCUT2D eigenvalue weighted by molar-refractivity contribution is -0.112. The fourth-order valence-electron chi connectivity index (χ4n) is 2.96. The predicted octanol–water partition coefficient (Wildman–Crippen LogP) is 3.36. The predicted molar refractivity (Wildman–Crippen MR) is 88.2 cm³/mol. The minimum absolute atomic E-state index is 0.0691. The third kappa shape index (κ3) is 3.98. The number of benzene rings is 1. The van der Waals surface area contributed by atoms with E-state index in [1.54, 1.807) is 23.5 Å². The van der Waals surface area contributed by atoms with Gasteiger partial charge < -0.3 is 14.9 Å². The molecule has 23 heavy (non-hydrogen) atoms. The molecule has 3 nitrogen and oxygen atoms in total. The van der Waals surface area contributed by atoms with Crippen molar-refractivity contribution in [3.05, 3.63) is 57.0 Å². The van der Waals surface area contributed by atoms with Gasteiger partial charge in [0, 0.05) is 29.0 Å². The van der Waals surface area contributed by atoms with E-state index < -0.39 is 6.10 Å². The first-order valence-electron chi connectivity index (χ1n) is 7.83. The highest BCUT2D eigenvalue weighted by molar-refractivity contribution is 7.12. The third-order valence-electron chi connectivity index (χ3n) is 4.22. The first-order chi connectivity index (χ1) is 11.0. The SMILES string of the molecule is Cc1cc(C2CC(O)CC(CO)O2)sc1Cc1ccc(F)cc1. The average Bonchev–Trinajstić information content (AvgIpc) is 2.90. The van der Waals surface area contributed by atoms with Gasteiger partial charge in [0.25, 0.3) is 0 Å². The van der Waals surface area contributed by atoms with Crippen LogP contribution in [0.3, 0.4) is 0 Å². The molecular weight excluding hydrogens is 315 g/mol. The summed E-state index contributed by atoms with van der Waals surface area (Å²) in [5.41, 5.74) is 2.25. The summed E-state index contributed by atoms with van der Waals surface area (Å²) in [6.45, 7) is 1.99. The second-order valence-corrected chi connectivity index (χ2v) is 7.28. The van der Waals surface area contributed by atoms with Crippen LogP contribution in [0, 0.1) is 12.7 Å². The standard InChI is InChI=1S/C18H21FO3S/c1-11-6-18(16-9-14(21)8-15(10-20)22-16)23-17(11)7-12-2-4-13(19)5-3-12/h2-6,14-16,20-21H,7-10H2,1H3. The van der Waals surface area contributed by atoms with Crippen molar-refractivity contribution in [2.24, 2.45) is 0 Å². The van der Waals surface area contributed by atoms with E-state index in [0.29, 0.717) is 12.8 Å². The lowest BCUT2D eigenvalue weighted by atomic mass is 10.00. The van der Waals surface area contributed by atoms with E-state index in [0.717, 1.165) is 16.9 Å². The molecule has 124 valence electrons. The highest BCUT2D eigenvalue weighted by atomic mass is 32.1. The second kappa shape index (κ2) is 7.09. The van der Waals surface area contributed by atoms with Gasteiger partial charge in [-0.25, -0.2) is 4.39 Å². The van der Waals surface area contributed by atoms with Crippen LogP contribution in [-0.4, -0.2) is 29.0 Å². The van der Waals surface area contributed by atoms with E-state index in [-0.39, 0.29) is 24.6 Å². The molecule has 3 unspecified atom stereocenters. The maximum absolute atomic E-state index is 13.0. The van der Waals surface area contributed by atoms with Crippen LogP contribution in [0.15, 0.2) is 30.3 Å². The fourth-order valence-corrected chi connectivity index (χ4v) is 4.22. The van der Waals surface area contributed by atoms with Crippen LogP contribution in [0.4, 0.5) is 4.39 Å². The van der Waals surface area contributed by atoms with E-state index in [1.807, 2.05) is 0 Å². The van der Waals surface area contributed by atoms with Crippen LogP contribution < -0.4 is 0 Å². The summed E-state index contributed by atoms with van der Waals surface area (Å²) in [4.78, 5) is 2.30. The lowest BCUT2D eigenvalue weighted by Gasteiger charge is -2.31. The largest absolute Gasteiger partial charge is 0.394 e. The first-order valence-corrected chi connectivity index (χ1v) is 8.65. The number of thiophene rings is 1. The van der Waals surface area contributed by atoms with E-state index in [9.17, 15) is 14.6 Å². The Hall–Kier alpha value is -1.27. The molecule has 0 amide bonds. The zero-order valence-corrected chi connectivity index (χ0v) is 13.9. The molecule has 0 bridgehead atoms. The van der Waals surface area contributed by atoms with Gasteiger partial charge in [-0.3, -0.25) is 0 Å². The molecule has 2 aromatic rings. The normalized spacial score (nSPS) is 24.8. The number of hydrogen-bond donors (Lipinski definition) is 2. The minimum atomic E-state index is -0.436. The van der Waals surface area contributed by atoms with Crippen molar-refractivity contribution < 1.29 is 19.3 Å². The van der Waals surface area contributed by atoms with Gasteiger partial charge in [0.1, 0.15) is 5.82 Å². The number of ether oxygens (including phenoxy) is 1. The van der Waals surface area contributed by atoms with Crippen LogP contribution in [0.1, 0.15) is 39.8 Å². The molecule has 1 aliphatic rings. The third-order valence-corrected chi connectivity index (χ3v) is 5.55. The van der Waals surface area contributed by atoms with E-state index in [4.69, 9.17) is 4.74 Å². The Balaban J connectivity index is 1.76. The Bertz CT molecular complexity index is 653. The Labute approximate surface area is 139 Å². The van der Waals surface area contributed by atoms with Gasteiger partial charge in [-0.15, -0.1) is 11.3 Å². The highest BCUT2D eigenvalue weighted by Gasteiger charge is 2.30. The van der Waals surface area contributed by atoms with E-state index in [2.05, 4.69) is 13.0 Å². The Morgan fingerprint density at radius 3 is 2.70 bits per heavy atom. The monoisotopic (exact) mass is 336 g/mol. The van der Waals surface area contributed by atoms with Crippen molar-refractivity contribution in [1.82, 2.24) is 0 Å². The summed E-state index contributed by atoms with van der Waals surface area (Å²) in [6, 6.07) is 8.66. The second-order valence-electron chi connectivity index (χ2n) is 6.11. The number of hydrogen-bond acceptors (Lipinski definition) is 4. The van der Waals surface area contributed by atoms with Crippen molar-refractivity contribution >= 4 is 11.3 Å². The van der Waals surface area contributed by atoms with Gasteiger partial charge in [-0.2, -0.15) is 0 Å². The summed E-state index contributed by atoms with van der Waals surface area (Å²) in [7, 11) is 0. The number of aliphatic hydroxyl groups is 2. The first kappa shape index (κ1) is 16.6. The molecule has 3 rings (SSSR count). The minimum Gasteiger partial charge on any atom is -0.394 e. The number of halogens is 1. The highest BCUT2D eigenvalue weighted by Crippen LogP contribution is 2.37. The fraction of sp³-hybridized carbons (Fsp3) is 0.444. The zero-order valence-electron chi connectivity index (χ0n) is 13.0. The molecule has 1 aliphatic heterocycles. The van der Waals surface area contributed by atoms with Crippen molar-refractivity contribution in [3.63, 3.8) is 0 Å². The molecule has 3 atom stereocenters. The zero-order chi connectivity index (χ0) is 16.4. The number of rotatable bonds is 4. The van der Waals surface area contributed by atoms with Crippen LogP contribution in [0.5, 0.6) is 0 Å². The van der Waals surface area contributed by atoms with Crippen molar-refractivity contribution in [2.75, 3.05) is 6.61 Å². The summed E-state index contributed by atoms with van der Waals surface area (Å²) in [6.07, 6.45) is 0.906. The van der Waals surface area contributed by atoms with E-state index >= 15 is 0 Å². The topological polar surface area (TPSA) is 49.7 Å². The Kier molecular flexibility index (Phi) is 5.11. The molecule has 5 heteroatoms. The molecule has 0 spiro atoms. The van der Waals surface area contributed by atoms with Crippen LogP contribution in [-0.2, 0) is 11.2 Å². The molecule has 2 heterocycles. The summed E-state index contributed by atoms with van der Waals surface area (Å²) in [5.74, 6) is -0.225. The summed E-state index contributed by atoms with van der Waals surface area (Å²) in [5, 5.41) is 19.2. The van der Waals surface area contributed by atoms with Gasteiger partial charge in [0.2, 0.25) is 0 Å². The summed E-state index contributed by atoms with van der Waals surface area (Å²) >= 11 is 1.67. The Morgan fingerprint density at radius 2 is 2.00 bits per heavy atom. The molecule has 2 N–H and O–H groups in total. The molecule has 0 aliphatic carbocycles. The smallest absolute Gasteiger partial charge is 0.123 e. The quantitative estimate of drug-likeness (QED) is 0.900. The number of aryl methyl sites for hydroxylation is 1. The molecule has 0 saturated carbocycles. The van der Waals surface area contributed by atoms with Crippen LogP contribution in [0.25, 0.3) is 0 Å². The lowest BCUT2D eigenvalue weighted by Crippen LogP contribution is -2.33. The van der Waals surface area contributed by atoms with Gasteiger partial charge in [-0.1, -0.05) is 12.1 Å². The van der Waals surface area contributed by atoms with Gasteiger partial charge in [0.05, 0.1) is 24.9 Å². The van der Waals surface area contributed by atoms with Crippen molar-refractivity contribution in [2.45, 2.75) is 44.5 Å². The molecule has 0 radical (unpaired) electrons. The molecule has 1 fully saturated rings. The summed E-state index contributed by atoms with van der Waals surface area (Å²) < 4.78 is 18.9. The van der Waals surface area contributed by atoms with Crippen molar-refractivity contribution in [3.8, 4) is 0 Å². The maximum atomic E-state index is 13.0. The molecule has 1 aromatic heterocycles. The average molecular weight is 336 g/mol. The van der Waals surface area contributed by atoms with Crippen LogP contribution >= 0.6 is 11.3 Å². The molecule has 1 saturated heterocycles. The molecular formula is C18H21FO3S. The van der Waals surface area contributed by atoms with E-state index in [1.165, 1.54) is 22.6 Å². The van der Waals surface area contributed by atoms with Gasteiger partial charge in [0.15, 0.2) is 0 Å².